The fraction of sp³-hybridized carbons (Fsp3) is 0.600. The first-order chi connectivity index (χ1) is 5.02. The lowest BCUT2D eigenvalue weighted by atomic mass is 9.89. The minimum Gasteiger partial charge on any atom is -0.412 e. The van der Waals surface area contributed by atoms with Crippen LogP contribution in [-0.4, -0.2) is 12.0 Å². The topological polar surface area (TPSA) is 57.5 Å². The molecule has 0 fully saturated rings. The summed E-state index contributed by atoms with van der Waals surface area (Å²) in [6.07, 6.45) is 5.33. The van der Waals surface area contributed by atoms with Crippen LogP contribution in [0.15, 0.2) is 24.3 Å². The first kappa shape index (κ1) is 14.0. The molecule has 0 radical (unpaired) electrons. The molecular formula is C10H21NO. The van der Waals surface area contributed by atoms with Crippen LogP contribution in [0.1, 0.15) is 27.2 Å². The van der Waals surface area contributed by atoms with Gasteiger partial charge < -0.3 is 11.2 Å². The Balaban J connectivity index is 0. The van der Waals surface area contributed by atoms with Crippen molar-refractivity contribution in [2.24, 2.45) is 11.1 Å². The molecule has 0 aromatic rings. The average Bonchev–Trinajstić information content (AvgIpc) is 2.00. The summed E-state index contributed by atoms with van der Waals surface area (Å²) in [5, 5.41) is 0. The SMILES string of the molecule is C=C(/C=C/C(C)(C)CC)CN.O. The van der Waals surface area contributed by atoms with Crippen molar-refractivity contribution in [3.05, 3.63) is 24.3 Å². The summed E-state index contributed by atoms with van der Waals surface area (Å²) in [5.74, 6) is 0. The maximum atomic E-state index is 5.39. The van der Waals surface area contributed by atoms with Gasteiger partial charge in [0.15, 0.2) is 0 Å². The van der Waals surface area contributed by atoms with Gasteiger partial charge in [-0.05, 0) is 17.4 Å². The van der Waals surface area contributed by atoms with Gasteiger partial charge in [0, 0.05) is 6.54 Å². The highest BCUT2D eigenvalue weighted by Gasteiger charge is 2.08. The summed E-state index contributed by atoms with van der Waals surface area (Å²) in [4.78, 5) is 0. The van der Waals surface area contributed by atoms with Crippen LogP contribution in [0.2, 0.25) is 0 Å². The second kappa shape index (κ2) is 5.98. The van der Waals surface area contributed by atoms with Crippen LogP contribution in [0.3, 0.4) is 0 Å². The lowest BCUT2D eigenvalue weighted by Crippen LogP contribution is -2.06. The molecule has 0 unspecified atom stereocenters. The lowest BCUT2D eigenvalue weighted by Gasteiger charge is -2.16. The number of allylic oxidation sites excluding steroid dienone is 1. The molecule has 0 saturated heterocycles. The second-order valence-corrected chi connectivity index (χ2v) is 3.54. The minimum absolute atomic E-state index is 0. The molecule has 72 valence electrons. The van der Waals surface area contributed by atoms with Crippen molar-refractivity contribution in [3.8, 4) is 0 Å². The number of hydrogen-bond acceptors (Lipinski definition) is 1. The standard InChI is InChI=1S/C10H19N.H2O/c1-5-10(3,4)7-6-9(2)8-11;/h6-7H,2,5,8,11H2,1,3-4H3;1H2/b7-6+;. The molecule has 0 aromatic heterocycles. The summed E-state index contributed by atoms with van der Waals surface area (Å²) in [5.41, 5.74) is 6.66. The van der Waals surface area contributed by atoms with E-state index in [4.69, 9.17) is 5.73 Å². The van der Waals surface area contributed by atoms with Crippen molar-refractivity contribution in [1.82, 2.24) is 0 Å². The Morgan fingerprint density at radius 2 is 2.00 bits per heavy atom. The maximum absolute atomic E-state index is 5.39. The summed E-state index contributed by atoms with van der Waals surface area (Å²) >= 11 is 0. The van der Waals surface area contributed by atoms with Crippen molar-refractivity contribution in [3.63, 3.8) is 0 Å². The summed E-state index contributed by atoms with van der Waals surface area (Å²) in [6.45, 7) is 10.9. The van der Waals surface area contributed by atoms with Gasteiger partial charge in [0.25, 0.3) is 0 Å². The zero-order chi connectivity index (χ0) is 8.91. The Kier molecular flexibility index (Phi) is 6.95. The number of hydrogen-bond donors (Lipinski definition) is 1. The molecule has 0 rings (SSSR count). The van der Waals surface area contributed by atoms with Crippen molar-refractivity contribution in [1.29, 1.82) is 0 Å². The van der Waals surface area contributed by atoms with Crippen LogP contribution >= 0.6 is 0 Å². The van der Waals surface area contributed by atoms with Gasteiger partial charge in [-0.3, -0.25) is 0 Å². The third-order valence-corrected chi connectivity index (χ3v) is 1.94. The van der Waals surface area contributed by atoms with Gasteiger partial charge in [0.2, 0.25) is 0 Å². The Labute approximate surface area is 75.5 Å². The van der Waals surface area contributed by atoms with E-state index in [9.17, 15) is 0 Å². The third-order valence-electron chi connectivity index (χ3n) is 1.94. The quantitative estimate of drug-likeness (QED) is 0.643. The smallest absolute Gasteiger partial charge is 0.0172 e. The van der Waals surface area contributed by atoms with Gasteiger partial charge in [0.05, 0.1) is 0 Å². The number of rotatable bonds is 4. The van der Waals surface area contributed by atoms with Gasteiger partial charge in [-0.15, -0.1) is 0 Å². The summed E-state index contributed by atoms with van der Waals surface area (Å²) in [6, 6.07) is 0. The second-order valence-electron chi connectivity index (χ2n) is 3.54. The molecule has 0 spiro atoms. The van der Waals surface area contributed by atoms with Crippen LogP contribution in [0.5, 0.6) is 0 Å². The highest BCUT2D eigenvalue weighted by molar-refractivity contribution is 5.17. The van der Waals surface area contributed by atoms with E-state index < -0.39 is 0 Å². The van der Waals surface area contributed by atoms with E-state index in [2.05, 4.69) is 33.4 Å². The molecule has 0 bridgehead atoms. The molecule has 0 saturated carbocycles. The van der Waals surface area contributed by atoms with E-state index in [-0.39, 0.29) is 10.9 Å². The molecular weight excluding hydrogens is 150 g/mol. The molecule has 2 heteroatoms. The van der Waals surface area contributed by atoms with E-state index in [0.29, 0.717) is 6.54 Å². The fourth-order valence-corrected chi connectivity index (χ4v) is 0.529. The van der Waals surface area contributed by atoms with E-state index in [1.807, 2.05) is 6.08 Å². The van der Waals surface area contributed by atoms with Gasteiger partial charge in [-0.25, -0.2) is 0 Å². The Bertz CT molecular complexity index is 159. The van der Waals surface area contributed by atoms with Crippen LogP contribution in [0.25, 0.3) is 0 Å². The van der Waals surface area contributed by atoms with Gasteiger partial charge >= 0.3 is 0 Å². The largest absolute Gasteiger partial charge is 0.412 e. The highest BCUT2D eigenvalue weighted by Crippen LogP contribution is 2.21. The summed E-state index contributed by atoms with van der Waals surface area (Å²) < 4.78 is 0. The van der Waals surface area contributed by atoms with Crippen molar-refractivity contribution >= 4 is 0 Å². The lowest BCUT2D eigenvalue weighted by molar-refractivity contribution is 0.462. The fourth-order valence-electron chi connectivity index (χ4n) is 0.529. The molecule has 2 nitrogen and oxygen atoms in total. The molecule has 0 aromatic carbocycles. The minimum atomic E-state index is 0. The maximum Gasteiger partial charge on any atom is 0.0172 e. The molecule has 0 aliphatic heterocycles. The molecule has 0 aliphatic rings. The predicted molar refractivity (Wildman–Crippen MR) is 55.0 cm³/mol. The molecule has 0 atom stereocenters. The Morgan fingerprint density at radius 3 is 2.33 bits per heavy atom. The third kappa shape index (κ3) is 6.13. The predicted octanol–water partition coefficient (Wildman–Crippen LogP) is 1.67. The van der Waals surface area contributed by atoms with Crippen molar-refractivity contribution < 1.29 is 5.48 Å². The van der Waals surface area contributed by atoms with Gasteiger partial charge in [-0.2, -0.15) is 0 Å². The van der Waals surface area contributed by atoms with E-state index >= 15 is 0 Å². The first-order valence-electron chi connectivity index (χ1n) is 4.09. The van der Waals surface area contributed by atoms with E-state index in [0.717, 1.165) is 12.0 Å². The van der Waals surface area contributed by atoms with Crippen molar-refractivity contribution in [2.75, 3.05) is 6.54 Å². The average molecular weight is 171 g/mol. The summed E-state index contributed by atoms with van der Waals surface area (Å²) in [7, 11) is 0. The van der Waals surface area contributed by atoms with Crippen LogP contribution in [-0.2, 0) is 0 Å². The van der Waals surface area contributed by atoms with Crippen LogP contribution in [0.4, 0.5) is 0 Å². The first-order valence-corrected chi connectivity index (χ1v) is 4.09. The Morgan fingerprint density at radius 1 is 1.50 bits per heavy atom. The zero-order valence-corrected chi connectivity index (χ0v) is 8.35. The normalized spacial score (nSPS) is 11.3. The molecule has 0 aliphatic carbocycles. The highest BCUT2D eigenvalue weighted by atomic mass is 16.0. The molecule has 0 amide bonds. The monoisotopic (exact) mass is 171 g/mol. The van der Waals surface area contributed by atoms with E-state index in [1.165, 1.54) is 0 Å². The van der Waals surface area contributed by atoms with Gasteiger partial charge in [0.1, 0.15) is 0 Å². The van der Waals surface area contributed by atoms with Crippen LogP contribution in [0, 0.1) is 5.41 Å². The van der Waals surface area contributed by atoms with Gasteiger partial charge in [-0.1, -0.05) is 39.5 Å². The Hall–Kier alpha value is -0.600. The van der Waals surface area contributed by atoms with E-state index in [1.54, 1.807) is 0 Å². The van der Waals surface area contributed by atoms with Crippen LogP contribution < -0.4 is 5.73 Å². The number of nitrogens with two attached hydrogens (primary N) is 1. The van der Waals surface area contributed by atoms with Crippen molar-refractivity contribution in [2.45, 2.75) is 27.2 Å². The molecule has 4 N–H and O–H groups in total. The molecule has 12 heavy (non-hydrogen) atoms. The zero-order valence-electron chi connectivity index (χ0n) is 8.35. The molecule has 0 heterocycles.